The predicted molar refractivity (Wildman–Crippen MR) is 63.0 cm³/mol. The average Bonchev–Trinajstić information content (AvgIpc) is 2.63. The molecule has 1 spiro atoms. The van der Waals surface area contributed by atoms with Gasteiger partial charge in [-0.1, -0.05) is 6.42 Å². The normalized spacial score (nSPS) is 43.4. The molecule has 3 fully saturated rings. The van der Waals surface area contributed by atoms with Crippen LogP contribution in [-0.4, -0.2) is 49.1 Å². The summed E-state index contributed by atoms with van der Waals surface area (Å²) in [5, 5.41) is 0. The van der Waals surface area contributed by atoms with Crippen LogP contribution in [0.3, 0.4) is 0 Å². The number of rotatable bonds is 1. The van der Waals surface area contributed by atoms with Gasteiger partial charge in [-0.15, -0.1) is 0 Å². The van der Waals surface area contributed by atoms with Crippen LogP contribution in [0.4, 0.5) is 0 Å². The van der Waals surface area contributed by atoms with Crippen molar-refractivity contribution in [1.82, 2.24) is 9.80 Å². The summed E-state index contributed by atoms with van der Waals surface area (Å²) in [6.07, 6.45) is 8.80. The van der Waals surface area contributed by atoms with Crippen molar-refractivity contribution in [3.8, 4) is 0 Å². The molecule has 3 rings (SSSR count). The molecule has 86 valence electrons. The van der Waals surface area contributed by atoms with Crippen LogP contribution in [0.2, 0.25) is 0 Å². The monoisotopic (exact) mass is 208 g/mol. The minimum absolute atomic E-state index is 0.714. The summed E-state index contributed by atoms with van der Waals surface area (Å²) in [6.45, 7) is 5.48. The maximum absolute atomic E-state index is 2.81. The van der Waals surface area contributed by atoms with Crippen molar-refractivity contribution in [3.63, 3.8) is 0 Å². The fraction of sp³-hybridized carbons (Fsp3) is 1.00. The van der Waals surface area contributed by atoms with Gasteiger partial charge in [0.15, 0.2) is 0 Å². The summed E-state index contributed by atoms with van der Waals surface area (Å²) < 4.78 is 0. The maximum atomic E-state index is 2.81. The number of piperidine rings is 1. The van der Waals surface area contributed by atoms with Crippen LogP contribution in [0.1, 0.15) is 38.5 Å². The van der Waals surface area contributed by atoms with Crippen LogP contribution in [0, 0.1) is 5.41 Å². The van der Waals surface area contributed by atoms with Crippen LogP contribution in [0.5, 0.6) is 0 Å². The lowest BCUT2D eigenvalue weighted by atomic mass is 9.63. The molecule has 1 saturated carbocycles. The molecule has 0 bridgehead atoms. The molecular formula is C13H24N2. The minimum atomic E-state index is 0.714. The minimum Gasteiger partial charge on any atom is -0.306 e. The summed E-state index contributed by atoms with van der Waals surface area (Å²) in [7, 11) is 2.29. The fourth-order valence-corrected chi connectivity index (χ4v) is 4.07. The number of hydrogen-bond acceptors (Lipinski definition) is 2. The molecule has 2 heteroatoms. The van der Waals surface area contributed by atoms with Gasteiger partial charge in [-0.25, -0.2) is 0 Å². The van der Waals surface area contributed by atoms with E-state index >= 15 is 0 Å². The van der Waals surface area contributed by atoms with Gasteiger partial charge in [0.1, 0.15) is 0 Å². The Hall–Kier alpha value is -0.0800. The first kappa shape index (κ1) is 10.1. The van der Waals surface area contributed by atoms with Gasteiger partial charge >= 0.3 is 0 Å². The van der Waals surface area contributed by atoms with Crippen LogP contribution >= 0.6 is 0 Å². The first-order valence-electron chi connectivity index (χ1n) is 6.73. The molecule has 2 unspecified atom stereocenters. The Labute approximate surface area is 93.6 Å². The quantitative estimate of drug-likeness (QED) is 0.650. The van der Waals surface area contributed by atoms with E-state index in [0.29, 0.717) is 5.41 Å². The standard InChI is InChI=1S/C13H24N2/c1-14-10-7-13(11-14)6-5-12(13)15-8-3-2-4-9-15/h12H,2-11H2,1H3. The largest absolute Gasteiger partial charge is 0.306 e. The Bertz CT molecular complexity index is 235. The lowest BCUT2D eigenvalue weighted by molar-refractivity contribution is -0.0271. The van der Waals surface area contributed by atoms with Gasteiger partial charge in [0.25, 0.3) is 0 Å². The third-order valence-electron chi connectivity index (χ3n) is 5.03. The Morgan fingerprint density at radius 2 is 1.80 bits per heavy atom. The number of likely N-dealkylation sites (tertiary alicyclic amines) is 2. The Kier molecular flexibility index (Phi) is 2.52. The third kappa shape index (κ3) is 1.62. The van der Waals surface area contributed by atoms with E-state index in [-0.39, 0.29) is 0 Å². The van der Waals surface area contributed by atoms with Crippen molar-refractivity contribution in [2.45, 2.75) is 44.6 Å². The SMILES string of the molecule is CN1CCC2(CCC2N2CCCCC2)C1. The molecule has 0 aromatic rings. The van der Waals surface area contributed by atoms with E-state index in [2.05, 4.69) is 16.8 Å². The second-order valence-corrected chi connectivity index (χ2v) is 6.00. The van der Waals surface area contributed by atoms with Gasteiger partial charge in [-0.05, 0) is 64.2 Å². The molecule has 15 heavy (non-hydrogen) atoms. The first-order valence-corrected chi connectivity index (χ1v) is 6.73. The third-order valence-corrected chi connectivity index (χ3v) is 5.03. The maximum Gasteiger partial charge on any atom is 0.0165 e. The van der Waals surface area contributed by atoms with Gasteiger partial charge in [0.05, 0.1) is 0 Å². The van der Waals surface area contributed by atoms with E-state index in [1.165, 1.54) is 64.7 Å². The molecule has 2 saturated heterocycles. The van der Waals surface area contributed by atoms with E-state index < -0.39 is 0 Å². The molecule has 2 aliphatic heterocycles. The highest BCUT2D eigenvalue weighted by molar-refractivity contribution is 5.06. The highest BCUT2D eigenvalue weighted by atomic mass is 15.2. The van der Waals surface area contributed by atoms with E-state index in [9.17, 15) is 0 Å². The summed E-state index contributed by atoms with van der Waals surface area (Å²) in [5.41, 5.74) is 0.714. The lowest BCUT2D eigenvalue weighted by Gasteiger charge is -2.53. The van der Waals surface area contributed by atoms with Gasteiger partial charge in [-0.3, -0.25) is 4.90 Å². The molecule has 2 nitrogen and oxygen atoms in total. The second kappa shape index (κ2) is 3.74. The molecule has 2 atom stereocenters. The molecule has 0 N–H and O–H groups in total. The van der Waals surface area contributed by atoms with Crippen molar-refractivity contribution in [1.29, 1.82) is 0 Å². The molecule has 1 aliphatic carbocycles. The van der Waals surface area contributed by atoms with Gasteiger partial charge in [0, 0.05) is 12.6 Å². The van der Waals surface area contributed by atoms with E-state index in [0.717, 1.165) is 6.04 Å². The van der Waals surface area contributed by atoms with Gasteiger partial charge in [0.2, 0.25) is 0 Å². The molecule has 3 aliphatic rings. The van der Waals surface area contributed by atoms with E-state index in [1.807, 2.05) is 0 Å². The van der Waals surface area contributed by atoms with Crippen LogP contribution < -0.4 is 0 Å². The summed E-state index contributed by atoms with van der Waals surface area (Å²) in [6, 6.07) is 0.947. The zero-order valence-electron chi connectivity index (χ0n) is 10.0. The topological polar surface area (TPSA) is 6.48 Å². The smallest absolute Gasteiger partial charge is 0.0165 e. The van der Waals surface area contributed by atoms with Crippen molar-refractivity contribution in [3.05, 3.63) is 0 Å². The molecular weight excluding hydrogens is 184 g/mol. The molecule has 0 aromatic carbocycles. The van der Waals surface area contributed by atoms with Crippen LogP contribution in [0.15, 0.2) is 0 Å². The van der Waals surface area contributed by atoms with Crippen molar-refractivity contribution < 1.29 is 0 Å². The zero-order chi connectivity index (χ0) is 10.3. The van der Waals surface area contributed by atoms with Crippen molar-refractivity contribution >= 4 is 0 Å². The predicted octanol–water partition coefficient (Wildman–Crippen LogP) is 1.96. The molecule has 0 aromatic heterocycles. The Morgan fingerprint density at radius 1 is 1.00 bits per heavy atom. The number of nitrogens with zero attached hydrogens (tertiary/aromatic N) is 2. The molecule has 0 radical (unpaired) electrons. The lowest BCUT2D eigenvalue weighted by Crippen LogP contribution is -2.57. The summed E-state index contributed by atoms with van der Waals surface area (Å²) >= 11 is 0. The summed E-state index contributed by atoms with van der Waals surface area (Å²) in [5.74, 6) is 0. The van der Waals surface area contributed by atoms with E-state index in [4.69, 9.17) is 0 Å². The fourth-order valence-electron chi connectivity index (χ4n) is 4.07. The highest BCUT2D eigenvalue weighted by Gasteiger charge is 2.51. The zero-order valence-corrected chi connectivity index (χ0v) is 10.0. The van der Waals surface area contributed by atoms with E-state index in [1.54, 1.807) is 0 Å². The Morgan fingerprint density at radius 3 is 2.33 bits per heavy atom. The van der Waals surface area contributed by atoms with Crippen LogP contribution in [-0.2, 0) is 0 Å². The molecule has 2 heterocycles. The van der Waals surface area contributed by atoms with Gasteiger partial charge < -0.3 is 4.90 Å². The van der Waals surface area contributed by atoms with Crippen LogP contribution in [0.25, 0.3) is 0 Å². The van der Waals surface area contributed by atoms with Crippen molar-refractivity contribution in [2.24, 2.45) is 5.41 Å². The second-order valence-electron chi connectivity index (χ2n) is 6.00. The Balaban J connectivity index is 1.66. The summed E-state index contributed by atoms with van der Waals surface area (Å²) in [4.78, 5) is 5.35. The molecule has 0 amide bonds. The number of hydrogen-bond donors (Lipinski definition) is 0. The highest BCUT2D eigenvalue weighted by Crippen LogP contribution is 2.50. The first-order chi connectivity index (χ1) is 7.30. The average molecular weight is 208 g/mol. The van der Waals surface area contributed by atoms with Gasteiger partial charge in [-0.2, -0.15) is 0 Å². The van der Waals surface area contributed by atoms with Crippen molar-refractivity contribution in [2.75, 3.05) is 33.2 Å².